The molecule has 480 valence electrons. The number of carbonyl (C=O) groups is 5. The number of sulfonamides is 2. The fraction of sp³-hybridized carbons (Fsp3) is 0.646. The van der Waals surface area contributed by atoms with Gasteiger partial charge in [-0.2, -0.15) is 8.61 Å². The van der Waals surface area contributed by atoms with E-state index < -0.39 is 141 Å². The first-order valence-electron chi connectivity index (χ1n) is 29.7. The lowest BCUT2D eigenvalue weighted by Gasteiger charge is -2.38. The Morgan fingerprint density at radius 2 is 0.919 bits per heavy atom. The molecule has 5 rings (SSSR count). The molecule has 86 heavy (non-hydrogen) atoms. The number of carbonyl (C=O) groups excluding carboxylic acids is 5. The topological polar surface area (TPSA) is 237 Å². The third-order valence-electron chi connectivity index (χ3n) is 15.0. The molecule has 0 fully saturated rings. The van der Waals surface area contributed by atoms with Gasteiger partial charge in [0.2, 0.25) is 20.0 Å². The van der Waals surface area contributed by atoms with Crippen LogP contribution in [0.25, 0.3) is 0 Å². The third kappa shape index (κ3) is 18.2. The number of rotatable bonds is 21. The van der Waals surface area contributed by atoms with E-state index in [2.05, 4.69) is 5.32 Å². The summed E-state index contributed by atoms with van der Waals surface area (Å²) in [6.07, 6.45) is -1.16. The van der Waals surface area contributed by atoms with Crippen molar-refractivity contribution < 1.29 is 74.0 Å². The molecule has 0 unspecified atom stereocenters. The Kier molecular flexibility index (Phi) is 21.9. The van der Waals surface area contributed by atoms with Crippen LogP contribution >= 0.6 is 0 Å². The average molecular weight is 1240 g/mol. The summed E-state index contributed by atoms with van der Waals surface area (Å²) in [6.45, 7) is 35.8. The van der Waals surface area contributed by atoms with Gasteiger partial charge < -0.3 is 38.5 Å². The number of fused-ring (bicyclic) bond motifs is 2. The van der Waals surface area contributed by atoms with Crippen molar-refractivity contribution in [2.24, 2.45) is 0 Å². The lowest BCUT2D eigenvalue weighted by atomic mass is 9.88. The van der Waals surface area contributed by atoms with E-state index in [1.165, 1.54) is 0 Å². The molecule has 0 saturated heterocycles. The second kappa shape index (κ2) is 26.5. The molecule has 3 atom stereocenters. The number of hydrogen-bond acceptors (Lipinski definition) is 16. The van der Waals surface area contributed by atoms with Crippen LogP contribution in [-0.2, 0) is 82.4 Å². The van der Waals surface area contributed by atoms with Crippen LogP contribution in [0.15, 0.2) is 40.1 Å². The van der Waals surface area contributed by atoms with Crippen molar-refractivity contribution >= 4 is 50.0 Å². The molecule has 2 aliphatic heterocycles. The molecule has 0 aromatic heterocycles. The van der Waals surface area contributed by atoms with Crippen molar-refractivity contribution in [1.82, 2.24) is 13.9 Å². The highest BCUT2D eigenvalue weighted by molar-refractivity contribution is 7.89. The van der Waals surface area contributed by atoms with Gasteiger partial charge in [0.15, 0.2) is 0 Å². The molecule has 1 amide bonds. The number of hydrogen-bond donors (Lipinski definition) is 1. The molecule has 19 nitrogen and oxygen atoms in total. The number of nitrogens with one attached hydrogen (secondary N) is 1. The van der Waals surface area contributed by atoms with Gasteiger partial charge in [0, 0.05) is 19.5 Å². The van der Waals surface area contributed by atoms with Gasteiger partial charge in [0.1, 0.15) is 69.8 Å². The maximum absolute atomic E-state index is 16.4. The van der Waals surface area contributed by atoms with E-state index in [9.17, 15) is 19.2 Å². The van der Waals surface area contributed by atoms with Crippen molar-refractivity contribution in [3.63, 3.8) is 0 Å². The largest absolute Gasteiger partial charge is 0.487 e. The van der Waals surface area contributed by atoms with E-state index in [0.717, 1.165) is 8.61 Å². The number of esters is 4. The predicted octanol–water partition coefficient (Wildman–Crippen LogP) is 11.4. The first-order valence-corrected chi connectivity index (χ1v) is 32.6. The van der Waals surface area contributed by atoms with Crippen LogP contribution in [0.4, 0.5) is 4.79 Å². The van der Waals surface area contributed by atoms with E-state index >= 15 is 21.6 Å². The van der Waals surface area contributed by atoms with Crippen molar-refractivity contribution in [3.05, 3.63) is 80.4 Å². The van der Waals surface area contributed by atoms with Crippen LogP contribution in [0.3, 0.4) is 0 Å². The zero-order chi connectivity index (χ0) is 65.2. The summed E-state index contributed by atoms with van der Waals surface area (Å²) in [5, 5.41) is 2.58. The first-order chi connectivity index (χ1) is 39.2. The van der Waals surface area contributed by atoms with Crippen LogP contribution in [0.1, 0.15) is 199 Å². The summed E-state index contributed by atoms with van der Waals surface area (Å²) in [4.78, 5) is 71.8. The molecule has 3 aromatic rings. The summed E-state index contributed by atoms with van der Waals surface area (Å²) < 4.78 is 109. The van der Waals surface area contributed by atoms with Crippen molar-refractivity contribution in [1.29, 1.82) is 0 Å². The van der Waals surface area contributed by atoms with E-state index in [-0.39, 0.29) is 16.4 Å². The van der Waals surface area contributed by atoms with E-state index in [1.54, 1.807) is 155 Å². The minimum atomic E-state index is -5.01. The van der Waals surface area contributed by atoms with Gasteiger partial charge in [-0.15, -0.1) is 0 Å². The normalized spacial score (nSPS) is 16.3. The number of alkyl carbamates (subject to hydrolysis) is 1. The smallest absolute Gasteiger partial charge is 0.408 e. The summed E-state index contributed by atoms with van der Waals surface area (Å²) in [5.74, 6) is -2.72. The van der Waals surface area contributed by atoms with E-state index in [0.29, 0.717) is 87.3 Å². The minimum Gasteiger partial charge on any atom is -0.487 e. The Balaban J connectivity index is 1.83. The molecule has 0 saturated carbocycles. The Bertz CT molecular complexity index is 3250. The van der Waals surface area contributed by atoms with Gasteiger partial charge in [-0.25, -0.2) is 26.4 Å². The minimum absolute atomic E-state index is 0.146. The monoisotopic (exact) mass is 1240 g/mol. The predicted molar refractivity (Wildman–Crippen MR) is 328 cm³/mol. The van der Waals surface area contributed by atoms with Crippen molar-refractivity contribution in [3.8, 4) is 11.5 Å². The number of amides is 1. The lowest BCUT2D eigenvalue weighted by Crippen LogP contribution is -2.53. The fourth-order valence-electron chi connectivity index (χ4n) is 10.8. The van der Waals surface area contributed by atoms with Crippen LogP contribution < -0.4 is 14.8 Å². The number of ether oxygens (including phenoxy) is 7. The SMILES string of the molecule is Cc1c(C)c(S(=O)(=O)N(CC[C@H](NC(=O)OCc2ccccc2)C(=O)OC(C)(C)C)[C@@H](CCN([C@@H](CCC(=O)OC(C)(C)C)C(=O)OC(C)(C)C)S(=O)(=O)c2c(C)c(C)c3c(c2C)CCC(C)(C)O3)C(=O)OC(C)(C)C)c(C)c2c1OC(C)(C)CC2. The first kappa shape index (κ1) is 71.0. The van der Waals surface area contributed by atoms with Crippen LogP contribution in [0.2, 0.25) is 0 Å². The molecule has 21 heteroatoms. The fourth-order valence-corrected chi connectivity index (χ4v) is 15.1. The highest BCUT2D eigenvalue weighted by Gasteiger charge is 2.47. The quantitative estimate of drug-likeness (QED) is 0.0771. The Morgan fingerprint density at radius 3 is 1.33 bits per heavy atom. The molecule has 2 aliphatic rings. The maximum atomic E-state index is 16.4. The van der Waals surface area contributed by atoms with Crippen molar-refractivity contribution in [2.45, 2.75) is 272 Å². The molecule has 0 bridgehead atoms. The zero-order valence-electron chi connectivity index (χ0n) is 55.1. The summed E-state index contributed by atoms with van der Waals surface area (Å²) >= 11 is 0. The molecular formula is C65H97N3O16S2. The second-order valence-corrected chi connectivity index (χ2v) is 31.7. The summed E-state index contributed by atoms with van der Waals surface area (Å²) in [7, 11) is -9.97. The lowest BCUT2D eigenvalue weighted by molar-refractivity contribution is -0.161. The summed E-state index contributed by atoms with van der Waals surface area (Å²) in [5.41, 5.74) is -1.33. The highest BCUT2D eigenvalue weighted by Crippen LogP contribution is 2.45. The van der Waals surface area contributed by atoms with E-state index in [1.807, 2.05) is 27.7 Å². The van der Waals surface area contributed by atoms with Gasteiger partial charge in [-0.1, -0.05) is 30.3 Å². The van der Waals surface area contributed by atoms with Crippen LogP contribution in [0.5, 0.6) is 11.5 Å². The Hall–Kier alpha value is -5.77. The molecule has 0 radical (unpaired) electrons. The molecule has 2 heterocycles. The third-order valence-corrected chi connectivity index (χ3v) is 19.4. The second-order valence-electron chi connectivity index (χ2n) is 28.1. The standard InChI is InChI=1S/C65H97N3O16S2/c1-39-41(3)54(43(5)46-30-34-64(19,20)80-52(39)46)85(74,75)67(36-32-48(56(70)82-61(10,11)12)66-59(73)78-38-45-26-24-23-25-27-45)50(58(72)84-63(16,17)18)33-37-68(49(57(71)83-62(13,14)15)28-29-51(69)79-60(7,8)9)86(76,77)55-42(4)40(2)53-47(44(55)6)31-35-65(21,22)81-53/h23-27,48-50H,28-38H2,1-22H3,(H,66,73)/t48-,49-,50-/m0/s1. The Labute approximate surface area is 512 Å². The zero-order valence-corrected chi connectivity index (χ0v) is 56.8. The van der Waals surface area contributed by atoms with Gasteiger partial charge in [-0.05, 0) is 247 Å². The van der Waals surface area contributed by atoms with E-state index in [4.69, 9.17) is 33.2 Å². The van der Waals surface area contributed by atoms with Crippen molar-refractivity contribution in [2.75, 3.05) is 13.1 Å². The van der Waals surface area contributed by atoms with Crippen LogP contribution in [0, 0.1) is 41.5 Å². The molecular weight excluding hydrogens is 1140 g/mol. The Morgan fingerprint density at radius 1 is 0.535 bits per heavy atom. The van der Waals surface area contributed by atoms with Gasteiger partial charge in [0.25, 0.3) is 0 Å². The molecule has 0 aliphatic carbocycles. The average Bonchev–Trinajstić information content (AvgIpc) is 0.761. The molecule has 0 spiro atoms. The number of benzene rings is 3. The molecule has 3 aromatic carbocycles. The van der Waals surface area contributed by atoms with Crippen LogP contribution in [-0.4, -0.2) is 120 Å². The van der Waals surface area contributed by atoms with Gasteiger partial charge in [-0.3, -0.25) is 14.4 Å². The summed E-state index contributed by atoms with van der Waals surface area (Å²) in [6, 6.07) is 3.51. The maximum Gasteiger partial charge on any atom is 0.408 e. The van der Waals surface area contributed by atoms with Gasteiger partial charge >= 0.3 is 30.0 Å². The molecule has 1 N–H and O–H groups in total. The number of nitrogens with zero attached hydrogens (tertiary/aromatic N) is 2. The highest BCUT2D eigenvalue weighted by atomic mass is 32.2. The van der Waals surface area contributed by atoms with Gasteiger partial charge in [0.05, 0.1) is 9.79 Å².